The largest absolute Gasteiger partial charge is 0.362 e. The Balaban J connectivity index is 1.66. The predicted octanol–water partition coefficient (Wildman–Crippen LogP) is 3.98. The number of hydrogen-bond donors (Lipinski definition) is 3. The van der Waals surface area contributed by atoms with Gasteiger partial charge in [0.1, 0.15) is 0 Å². The van der Waals surface area contributed by atoms with Gasteiger partial charge in [-0.1, -0.05) is 24.3 Å². The molecule has 134 valence electrons. The van der Waals surface area contributed by atoms with Crippen LogP contribution in [0.15, 0.2) is 47.3 Å². The zero-order valence-corrected chi connectivity index (χ0v) is 16.1. The van der Waals surface area contributed by atoms with Crippen LogP contribution >= 0.6 is 12.2 Å². The summed E-state index contributed by atoms with van der Waals surface area (Å²) in [6.07, 6.45) is 0.605. The molecule has 0 atom stereocenters. The first-order chi connectivity index (χ1) is 12.4. The molecule has 4 nitrogen and oxygen atoms in total. The SMILES string of the molecule is Cc1cccc(NC(=S)NCCc2cc3c(C)ccc(C)c3[nH]c2=O)c1. The van der Waals surface area contributed by atoms with Crippen LogP contribution in [0, 0.1) is 20.8 Å². The number of anilines is 1. The van der Waals surface area contributed by atoms with Gasteiger partial charge in [-0.25, -0.2) is 0 Å². The molecule has 3 rings (SSSR count). The van der Waals surface area contributed by atoms with Crippen LogP contribution in [0.25, 0.3) is 10.9 Å². The Hall–Kier alpha value is -2.66. The van der Waals surface area contributed by atoms with Gasteiger partial charge in [-0.2, -0.15) is 0 Å². The van der Waals surface area contributed by atoms with E-state index < -0.39 is 0 Å². The Labute approximate surface area is 158 Å². The van der Waals surface area contributed by atoms with Crippen molar-refractivity contribution in [2.24, 2.45) is 0 Å². The monoisotopic (exact) mass is 365 g/mol. The molecule has 0 aliphatic rings. The average Bonchev–Trinajstić information content (AvgIpc) is 2.59. The van der Waals surface area contributed by atoms with E-state index in [2.05, 4.69) is 28.6 Å². The van der Waals surface area contributed by atoms with Crippen LogP contribution in [0.4, 0.5) is 5.69 Å². The summed E-state index contributed by atoms with van der Waals surface area (Å²) in [5.74, 6) is 0. The number of hydrogen-bond acceptors (Lipinski definition) is 2. The summed E-state index contributed by atoms with van der Waals surface area (Å²) in [5, 5.41) is 7.98. The van der Waals surface area contributed by atoms with Crippen molar-refractivity contribution in [3.8, 4) is 0 Å². The first-order valence-corrected chi connectivity index (χ1v) is 9.08. The van der Waals surface area contributed by atoms with Crippen molar-refractivity contribution in [1.29, 1.82) is 0 Å². The third-order valence-corrected chi connectivity index (χ3v) is 4.72. The van der Waals surface area contributed by atoms with Crippen molar-refractivity contribution in [3.63, 3.8) is 0 Å². The molecule has 0 bridgehead atoms. The van der Waals surface area contributed by atoms with E-state index in [1.54, 1.807) is 0 Å². The van der Waals surface area contributed by atoms with Crippen molar-refractivity contribution in [2.75, 3.05) is 11.9 Å². The fourth-order valence-electron chi connectivity index (χ4n) is 3.01. The van der Waals surface area contributed by atoms with Crippen molar-refractivity contribution >= 4 is 33.9 Å². The fraction of sp³-hybridized carbons (Fsp3) is 0.238. The van der Waals surface area contributed by atoms with E-state index in [0.717, 1.165) is 33.3 Å². The highest BCUT2D eigenvalue weighted by Crippen LogP contribution is 2.19. The van der Waals surface area contributed by atoms with E-state index in [-0.39, 0.29) is 5.56 Å². The fourth-order valence-corrected chi connectivity index (χ4v) is 3.23. The summed E-state index contributed by atoms with van der Waals surface area (Å²) in [7, 11) is 0. The molecule has 26 heavy (non-hydrogen) atoms. The first kappa shape index (κ1) is 18.1. The van der Waals surface area contributed by atoms with Crippen molar-refractivity contribution in [2.45, 2.75) is 27.2 Å². The molecular weight excluding hydrogens is 342 g/mol. The van der Waals surface area contributed by atoms with E-state index in [1.165, 1.54) is 5.56 Å². The predicted molar refractivity (Wildman–Crippen MR) is 113 cm³/mol. The van der Waals surface area contributed by atoms with Crippen LogP contribution < -0.4 is 16.2 Å². The Bertz CT molecular complexity index is 1020. The van der Waals surface area contributed by atoms with E-state index in [9.17, 15) is 4.79 Å². The molecule has 0 unspecified atom stereocenters. The zero-order valence-electron chi connectivity index (χ0n) is 15.3. The number of fused-ring (bicyclic) bond motifs is 1. The van der Waals surface area contributed by atoms with Gasteiger partial charge >= 0.3 is 0 Å². The van der Waals surface area contributed by atoms with Gasteiger partial charge in [0.25, 0.3) is 5.56 Å². The smallest absolute Gasteiger partial charge is 0.251 e. The number of benzene rings is 2. The maximum Gasteiger partial charge on any atom is 0.251 e. The summed E-state index contributed by atoms with van der Waals surface area (Å²) < 4.78 is 0. The van der Waals surface area contributed by atoms with Crippen LogP contribution in [-0.2, 0) is 6.42 Å². The maximum atomic E-state index is 12.4. The van der Waals surface area contributed by atoms with E-state index in [4.69, 9.17) is 12.2 Å². The van der Waals surface area contributed by atoms with Crippen LogP contribution in [0.3, 0.4) is 0 Å². The second-order valence-corrected chi connectivity index (χ2v) is 7.02. The number of rotatable bonds is 4. The first-order valence-electron chi connectivity index (χ1n) is 8.67. The molecule has 3 N–H and O–H groups in total. The molecule has 0 spiro atoms. The van der Waals surface area contributed by atoms with Crippen LogP contribution in [0.1, 0.15) is 22.3 Å². The van der Waals surface area contributed by atoms with Crippen molar-refractivity contribution < 1.29 is 0 Å². The summed E-state index contributed by atoms with van der Waals surface area (Å²) in [6.45, 7) is 6.70. The van der Waals surface area contributed by atoms with Gasteiger partial charge in [-0.3, -0.25) is 4.79 Å². The Morgan fingerprint density at radius 1 is 1.08 bits per heavy atom. The highest BCUT2D eigenvalue weighted by Gasteiger charge is 2.07. The Morgan fingerprint density at radius 2 is 1.85 bits per heavy atom. The second kappa shape index (κ2) is 7.70. The van der Waals surface area contributed by atoms with Crippen molar-refractivity contribution in [1.82, 2.24) is 10.3 Å². The lowest BCUT2D eigenvalue weighted by atomic mass is 10.0. The molecular formula is C21H23N3OS. The van der Waals surface area contributed by atoms with E-state index in [1.807, 2.05) is 50.2 Å². The molecule has 2 aromatic carbocycles. The second-order valence-electron chi connectivity index (χ2n) is 6.61. The minimum Gasteiger partial charge on any atom is -0.362 e. The number of aromatic amines is 1. The van der Waals surface area contributed by atoms with Gasteiger partial charge in [0.15, 0.2) is 5.11 Å². The lowest BCUT2D eigenvalue weighted by Crippen LogP contribution is -2.31. The van der Waals surface area contributed by atoms with Crippen molar-refractivity contribution in [3.05, 3.63) is 75.1 Å². The van der Waals surface area contributed by atoms with Gasteiger partial charge in [-0.15, -0.1) is 0 Å². The number of thiocarbonyl (C=S) groups is 1. The maximum absolute atomic E-state index is 12.4. The molecule has 0 radical (unpaired) electrons. The van der Waals surface area contributed by atoms with Gasteiger partial charge in [0, 0.05) is 23.2 Å². The molecule has 0 aliphatic heterocycles. The van der Waals surface area contributed by atoms with Gasteiger partial charge < -0.3 is 15.6 Å². The summed E-state index contributed by atoms with van der Waals surface area (Å²) >= 11 is 5.33. The molecule has 5 heteroatoms. The van der Waals surface area contributed by atoms with Gasteiger partial charge in [-0.05, 0) is 74.3 Å². The number of pyridine rings is 1. The molecule has 3 aromatic rings. The normalized spacial score (nSPS) is 10.7. The topological polar surface area (TPSA) is 56.9 Å². The summed E-state index contributed by atoms with van der Waals surface area (Å²) in [6, 6.07) is 14.1. The standard InChI is InChI=1S/C21H23N3OS/c1-13-5-4-6-17(11-13)23-21(26)22-10-9-16-12-18-14(2)7-8-15(3)19(18)24-20(16)25/h4-8,11-12H,9-10H2,1-3H3,(H,24,25)(H2,22,23,26). The molecule has 0 saturated heterocycles. The third-order valence-electron chi connectivity index (χ3n) is 4.48. The van der Waals surface area contributed by atoms with Gasteiger partial charge in [0.2, 0.25) is 0 Å². The van der Waals surface area contributed by atoms with Crippen LogP contribution in [-0.4, -0.2) is 16.6 Å². The average molecular weight is 366 g/mol. The number of nitrogens with one attached hydrogen (secondary N) is 3. The minimum atomic E-state index is -0.0365. The highest BCUT2D eigenvalue weighted by molar-refractivity contribution is 7.80. The molecule has 0 saturated carbocycles. The Morgan fingerprint density at radius 3 is 2.62 bits per heavy atom. The Kier molecular flexibility index (Phi) is 5.38. The van der Waals surface area contributed by atoms with Gasteiger partial charge in [0.05, 0.1) is 5.52 Å². The minimum absolute atomic E-state index is 0.0365. The molecule has 0 amide bonds. The quantitative estimate of drug-likeness (QED) is 0.612. The lowest BCUT2D eigenvalue weighted by molar-refractivity contribution is 0.863. The number of aromatic nitrogens is 1. The van der Waals surface area contributed by atoms with E-state index >= 15 is 0 Å². The molecule has 1 heterocycles. The molecule has 1 aromatic heterocycles. The lowest BCUT2D eigenvalue weighted by Gasteiger charge is -2.12. The molecule has 0 fully saturated rings. The van der Waals surface area contributed by atoms with Crippen LogP contribution in [0.2, 0.25) is 0 Å². The van der Waals surface area contributed by atoms with Crippen LogP contribution in [0.5, 0.6) is 0 Å². The summed E-state index contributed by atoms with van der Waals surface area (Å²) in [5.41, 5.74) is 6.01. The highest BCUT2D eigenvalue weighted by atomic mass is 32.1. The summed E-state index contributed by atoms with van der Waals surface area (Å²) in [4.78, 5) is 15.4. The zero-order chi connectivity index (χ0) is 18.7. The third kappa shape index (κ3) is 4.11. The van der Waals surface area contributed by atoms with E-state index in [0.29, 0.717) is 18.1 Å². The molecule has 0 aliphatic carbocycles. The number of aryl methyl sites for hydroxylation is 3. The number of H-pyrrole nitrogens is 1.